The van der Waals surface area contributed by atoms with E-state index >= 15 is 0 Å². The number of phenols is 1. The second-order valence-electron chi connectivity index (χ2n) is 5.09. The molecule has 23 heavy (non-hydrogen) atoms. The number of sulfonamides is 1. The molecule has 3 rings (SSSR count). The van der Waals surface area contributed by atoms with Crippen LogP contribution in [-0.2, 0) is 10.0 Å². The van der Waals surface area contributed by atoms with Crippen LogP contribution in [0.3, 0.4) is 0 Å². The van der Waals surface area contributed by atoms with Crippen LogP contribution in [-0.4, -0.2) is 20.6 Å². The molecule has 0 bridgehead atoms. The highest BCUT2D eigenvalue weighted by Crippen LogP contribution is 2.32. The number of fused-ring (bicyclic) bond motifs is 1. The number of anilines is 1. The Balaban J connectivity index is 2.05. The molecule has 0 atom stereocenters. The van der Waals surface area contributed by atoms with E-state index in [1.54, 1.807) is 18.2 Å². The molecule has 0 saturated carbocycles. The molecule has 7 heteroatoms. The normalized spacial score (nSPS) is 11.6. The smallest absolute Gasteiger partial charge is 0.262 e. The number of furan rings is 1. The summed E-state index contributed by atoms with van der Waals surface area (Å²) in [6, 6.07) is 9.34. The number of aryl methyl sites for hydroxylation is 1. The van der Waals surface area contributed by atoms with Crippen LogP contribution in [0.4, 0.5) is 5.69 Å². The van der Waals surface area contributed by atoms with Crippen molar-refractivity contribution in [3.63, 3.8) is 0 Å². The summed E-state index contributed by atoms with van der Waals surface area (Å²) < 4.78 is 37.9. The average Bonchev–Trinajstić information content (AvgIpc) is 2.96. The zero-order chi connectivity index (χ0) is 16.6. The van der Waals surface area contributed by atoms with E-state index in [4.69, 9.17) is 9.15 Å². The number of benzene rings is 2. The van der Waals surface area contributed by atoms with Gasteiger partial charge in [-0.1, -0.05) is 6.07 Å². The Morgan fingerprint density at radius 2 is 1.96 bits per heavy atom. The summed E-state index contributed by atoms with van der Waals surface area (Å²) in [6.45, 7) is 1.85. The fourth-order valence-corrected chi connectivity index (χ4v) is 3.41. The standard InChI is InChI=1S/C16H15NO5S/c1-10-3-4-15(21-2)13(7-10)17-23(19,20)12-8-11-5-6-22-16(11)14(18)9-12/h3-9,17-18H,1-2H3. The van der Waals surface area contributed by atoms with E-state index in [-0.39, 0.29) is 16.2 Å². The number of methoxy groups -OCH3 is 1. The number of rotatable bonds is 4. The minimum Gasteiger partial charge on any atom is -0.504 e. The second-order valence-corrected chi connectivity index (χ2v) is 6.77. The van der Waals surface area contributed by atoms with Crippen LogP contribution >= 0.6 is 0 Å². The van der Waals surface area contributed by atoms with Crippen LogP contribution in [0, 0.1) is 6.92 Å². The summed E-state index contributed by atoms with van der Waals surface area (Å²) in [7, 11) is -2.42. The highest BCUT2D eigenvalue weighted by molar-refractivity contribution is 7.92. The maximum Gasteiger partial charge on any atom is 0.262 e. The molecule has 0 aliphatic heterocycles. The highest BCUT2D eigenvalue weighted by atomic mass is 32.2. The van der Waals surface area contributed by atoms with Crippen molar-refractivity contribution in [1.82, 2.24) is 0 Å². The third-order valence-corrected chi connectivity index (χ3v) is 4.76. The van der Waals surface area contributed by atoms with Crippen molar-refractivity contribution < 1.29 is 22.7 Å². The zero-order valence-electron chi connectivity index (χ0n) is 12.5. The van der Waals surface area contributed by atoms with Gasteiger partial charge < -0.3 is 14.3 Å². The van der Waals surface area contributed by atoms with E-state index in [1.165, 1.54) is 19.4 Å². The van der Waals surface area contributed by atoms with Crippen molar-refractivity contribution in [2.75, 3.05) is 11.8 Å². The quantitative estimate of drug-likeness (QED) is 0.765. The number of nitrogens with one attached hydrogen (secondary N) is 1. The number of phenolic OH excluding ortho intramolecular Hbond substituents is 1. The summed E-state index contributed by atoms with van der Waals surface area (Å²) in [5.41, 5.74) is 1.47. The first-order valence-electron chi connectivity index (χ1n) is 6.78. The topological polar surface area (TPSA) is 88.8 Å². The predicted molar refractivity (Wildman–Crippen MR) is 86.4 cm³/mol. The van der Waals surface area contributed by atoms with Crippen LogP contribution in [0.15, 0.2) is 52.0 Å². The summed E-state index contributed by atoms with van der Waals surface area (Å²) >= 11 is 0. The van der Waals surface area contributed by atoms with E-state index < -0.39 is 10.0 Å². The third kappa shape index (κ3) is 2.83. The highest BCUT2D eigenvalue weighted by Gasteiger charge is 2.19. The lowest BCUT2D eigenvalue weighted by atomic mass is 10.2. The van der Waals surface area contributed by atoms with Gasteiger partial charge in [-0.25, -0.2) is 8.42 Å². The molecule has 2 aromatic carbocycles. The Morgan fingerprint density at radius 1 is 1.17 bits per heavy atom. The van der Waals surface area contributed by atoms with E-state index in [9.17, 15) is 13.5 Å². The van der Waals surface area contributed by atoms with Gasteiger partial charge in [-0.05, 0) is 36.8 Å². The van der Waals surface area contributed by atoms with Crippen LogP contribution < -0.4 is 9.46 Å². The summed E-state index contributed by atoms with van der Waals surface area (Å²) in [5, 5.41) is 10.4. The number of hydrogen-bond acceptors (Lipinski definition) is 5. The Kier molecular flexibility index (Phi) is 3.65. The SMILES string of the molecule is COc1ccc(C)cc1NS(=O)(=O)c1cc(O)c2occc2c1. The minimum atomic E-state index is -3.89. The van der Waals surface area contributed by atoms with E-state index in [1.807, 2.05) is 13.0 Å². The average molecular weight is 333 g/mol. The molecule has 0 saturated heterocycles. The first-order chi connectivity index (χ1) is 10.9. The van der Waals surface area contributed by atoms with E-state index in [0.29, 0.717) is 16.8 Å². The van der Waals surface area contributed by atoms with Gasteiger partial charge in [0, 0.05) is 11.5 Å². The third-order valence-electron chi connectivity index (χ3n) is 3.41. The van der Waals surface area contributed by atoms with Gasteiger partial charge in [-0.3, -0.25) is 4.72 Å². The molecule has 0 fully saturated rings. The van der Waals surface area contributed by atoms with Crippen LogP contribution in [0.2, 0.25) is 0 Å². The number of ether oxygens (including phenoxy) is 1. The summed E-state index contributed by atoms with van der Waals surface area (Å²) in [6.07, 6.45) is 1.39. The maximum absolute atomic E-state index is 12.6. The molecule has 1 aromatic heterocycles. The largest absolute Gasteiger partial charge is 0.504 e. The molecule has 0 aliphatic carbocycles. The number of hydrogen-bond donors (Lipinski definition) is 2. The molecule has 0 amide bonds. The summed E-state index contributed by atoms with van der Waals surface area (Å²) in [4.78, 5) is -0.0625. The van der Waals surface area contributed by atoms with Crippen molar-refractivity contribution in [1.29, 1.82) is 0 Å². The van der Waals surface area contributed by atoms with Crippen molar-refractivity contribution in [3.05, 3.63) is 48.2 Å². The van der Waals surface area contributed by atoms with Gasteiger partial charge in [0.15, 0.2) is 11.3 Å². The first-order valence-corrected chi connectivity index (χ1v) is 8.27. The lowest BCUT2D eigenvalue weighted by Gasteiger charge is -2.13. The van der Waals surface area contributed by atoms with Gasteiger partial charge >= 0.3 is 0 Å². The molecule has 0 radical (unpaired) electrons. The molecule has 1 heterocycles. The van der Waals surface area contributed by atoms with Crippen molar-refractivity contribution in [2.45, 2.75) is 11.8 Å². The van der Waals surface area contributed by atoms with Gasteiger partial charge in [0.2, 0.25) is 0 Å². The van der Waals surface area contributed by atoms with Crippen molar-refractivity contribution in [3.8, 4) is 11.5 Å². The van der Waals surface area contributed by atoms with Gasteiger partial charge in [0.25, 0.3) is 10.0 Å². The molecular weight excluding hydrogens is 318 g/mol. The molecule has 2 N–H and O–H groups in total. The molecule has 0 unspecified atom stereocenters. The minimum absolute atomic E-state index is 0.0625. The van der Waals surface area contributed by atoms with Crippen LogP contribution in [0.25, 0.3) is 11.0 Å². The summed E-state index contributed by atoms with van der Waals surface area (Å²) in [5.74, 6) is 0.178. The van der Waals surface area contributed by atoms with Gasteiger partial charge in [-0.2, -0.15) is 0 Å². The Morgan fingerprint density at radius 3 is 2.70 bits per heavy atom. The van der Waals surface area contributed by atoms with Gasteiger partial charge in [-0.15, -0.1) is 0 Å². The molecule has 0 spiro atoms. The molecule has 120 valence electrons. The van der Waals surface area contributed by atoms with E-state index in [2.05, 4.69) is 4.72 Å². The lowest BCUT2D eigenvalue weighted by molar-refractivity contribution is 0.417. The fourth-order valence-electron chi connectivity index (χ4n) is 2.30. The fraction of sp³-hybridized carbons (Fsp3) is 0.125. The van der Waals surface area contributed by atoms with E-state index in [0.717, 1.165) is 11.6 Å². The number of aromatic hydroxyl groups is 1. The Hall–Kier alpha value is -2.67. The zero-order valence-corrected chi connectivity index (χ0v) is 13.3. The van der Waals surface area contributed by atoms with Gasteiger partial charge in [0.05, 0.1) is 24.0 Å². The molecule has 0 aliphatic rings. The van der Waals surface area contributed by atoms with Crippen molar-refractivity contribution in [2.24, 2.45) is 0 Å². The Labute approximate surface area is 133 Å². The van der Waals surface area contributed by atoms with Crippen LogP contribution in [0.5, 0.6) is 11.5 Å². The van der Waals surface area contributed by atoms with Gasteiger partial charge in [0.1, 0.15) is 5.75 Å². The first kappa shape index (κ1) is 15.2. The molecule has 6 nitrogen and oxygen atoms in total. The molecule has 3 aromatic rings. The van der Waals surface area contributed by atoms with Crippen molar-refractivity contribution >= 4 is 26.7 Å². The predicted octanol–water partition coefficient (Wildman–Crippen LogP) is 3.26. The lowest BCUT2D eigenvalue weighted by Crippen LogP contribution is -2.13. The Bertz CT molecular complexity index is 975. The van der Waals surface area contributed by atoms with Crippen LogP contribution in [0.1, 0.15) is 5.56 Å². The monoisotopic (exact) mass is 333 g/mol. The maximum atomic E-state index is 12.6. The molecular formula is C16H15NO5S. The second kappa shape index (κ2) is 5.51.